The molecule has 0 spiro atoms. The summed E-state index contributed by atoms with van der Waals surface area (Å²) in [4.78, 5) is 4.08. The molecule has 0 aliphatic carbocycles. The summed E-state index contributed by atoms with van der Waals surface area (Å²) < 4.78 is 32.8. The first-order chi connectivity index (χ1) is 10.1. The van der Waals surface area contributed by atoms with Crippen LogP contribution in [0.2, 0.25) is 0 Å². The second kappa shape index (κ2) is 5.34. The molecule has 1 atom stereocenters. The summed E-state index contributed by atoms with van der Waals surface area (Å²) in [5.74, 6) is 0.700. The highest BCUT2D eigenvalue weighted by atomic mass is 32.2. The summed E-state index contributed by atoms with van der Waals surface area (Å²) in [5.41, 5.74) is 6.86. The summed E-state index contributed by atoms with van der Waals surface area (Å²) in [6.45, 7) is 0.407. The van der Waals surface area contributed by atoms with E-state index in [4.69, 9.17) is 10.5 Å². The number of ether oxygens (including phenoxy) is 1. The van der Waals surface area contributed by atoms with Crippen LogP contribution >= 0.6 is 0 Å². The van der Waals surface area contributed by atoms with Crippen LogP contribution in [0.3, 0.4) is 0 Å². The average molecular weight is 305 g/mol. The number of aromatic nitrogens is 1. The molecule has 21 heavy (non-hydrogen) atoms. The van der Waals surface area contributed by atoms with Gasteiger partial charge in [0.05, 0.1) is 16.8 Å². The number of rotatable bonds is 4. The van der Waals surface area contributed by atoms with E-state index in [1.165, 1.54) is 12.3 Å². The molecule has 1 aliphatic rings. The van der Waals surface area contributed by atoms with Gasteiger partial charge in [-0.3, -0.25) is 9.71 Å². The van der Waals surface area contributed by atoms with Gasteiger partial charge in [0.2, 0.25) is 0 Å². The highest BCUT2D eigenvalue weighted by Crippen LogP contribution is 2.31. The van der Waals surface area contributed by atoms with Gasteiger partial charge in [0.15, 0.2) is 0 Å². The first-order valence-electron chi connectivity index (χ1n) is 6.51. The van der Waals surface area contributed by atoms with E-state index in [1.54, 1.807) is 30.5 Å². The molecule has 1 aromatic heterocycles. The number of benzene rings is 1. The van der Waals surface area contributed by atoms with E-state index < -0.39 is 10.0 Å². The SMILES string of the molecule is NCC1Cc2cc(S(=O)(=O)Nc3cccnc3)ccc2O1. The Balaban J connectivity index is 1.87. The van der Waals surface area contributed by atoms with Crippen molar-refractivity contribution >= 4 is 15.7 Å². The van der Waals surface area contributed by atoms with Crippen molar-refractivity contribution in [1.29, 1.82) is 0 Å². The van der Waals surface area contributed by atoms with Gasteiger partial charge in [-0.1, -0.05) is 0 Å². The standard InChI is InChI=1S/C14H15N3O3S/c15-8-12-6-10-7-13(3-4-14(10)20-12)21(18,19)17-11-2-1-5-16-9-11/h1-5,7,9,12,17H,6,8,15H2. The minimum atomic E-state index is -3.64. The Labute approximate surface area is 123 Å². The average Bonchev–Trinajstić information content (AvgIpc) is 2.90. The molecular formula is C14H15N3O3S. The lowest BCUT2D eigenvalue weighted by atomic mass is 10.1. The van der Waals surface area contributed by atoms with Gasteiger partial charge < -0.3 is 10.5 Å². The Bertz CT molecular complexity index is 747. The summed E-state index contributed by atoms with van der Waals surface area (Å²) in [5, 5.41) is 0. The van der Waals surface area contributed by atoms with Crippen LogP contribution < -0.4 is 15.2 Å². The lowest BCUT2D eigenvalue weighted by Crippen LogP contribution is -2.24. The molecule has 1 unspecified atom stereocenters. The monoisotopic (exact) mass is 305 g/mol. The molecular weight excluding hydrogens is 290 g/mol. The van der Waals surface area contributed by atoms with Crippen molar-refractivity contribution < 1.29 is 13.2 Å². The van der Waals surface area contributed by atoms with Gasteiger partial charge in [-0.2, -0.15) is 0 Å². The minimum Gasteiger partial charge on any atom is -0.488 e. The Morgan fingerprint density at radius 1 is 1.38 bits per heavy atom. The molecule has 1 aliphatic heterocycles. The molecule has 0 bridgehead atoms. The third-order valence-electron chi connectivity index (χ3n) is 3.26. The molecule has 0 saturated carbocycles. The second-order valence-electron chi connectivity index (χ2n) is 4.80. The van der Waals surface area contributed by atoms with Gasteiger partial charge in [0.25, 0.3) is 10.0 Å². The van der Waals surface area contributed by atoms with Crippen LogP contribution in [0.15, 0.2) is 47.6 Å². The second-order valence-corrected chi connectivity index (χ2v) is 6.48. The Hall–Kier alpha value is -2.12. The van der Waals surface area contributed by atoms with E-state index in [2.05, 4.69) is 9.71 Å². The van der Waals surface area contributed by atoms with Crippen molar-refractivity contribution in [3.05, 3.63) is 48.3 Å². The molecule has 0 radical (unpaired) electrons. The van der Waals surface area contributed by atoms with Crippen LogP contribution in [0.5, 0.6) is 5.75 Å². The maximum absolute atomic E-state index is 12.3. The van der Waals surface area contributed by atoms with E-state index in [0.717, 1.165) is 5.56 Å². The fourth-order valence-electron chi connectivity index (χ4n) is 2.23. The molecule has 110 valence electrons. The third kappa shape index (κ3) is 2.84. The van der Waals surface area contributed by atoms with Crippen molar-refractivity contribution in [3.8, 4) is 5.75 Å². The normalized spacial score (nSPS) is 17.1. The van der Waals surface area contributed by atoms with Gasteiger partial charge in [0.1, 0.15) is 11.9 Å². The van der Waals surface area contributed by atoms with Crippen molar-refractivity contribution in [3.63, 3.8) is 0 Å². The van der Waals surface area contributed by atoms with Crippen molar-refractivity contribution in [2.75, 3.05) is 11.3 Å². The number of anilines is 1. The zero-order valence-electron chi connectivity index (χ0n) is 11.2. The number of hydrogen-bond acceptors (Lipinski definition) is 5. The zero-order valence-corrected chi connectivity index (χ0v) is 12.0. The van der Waals surface area contributed by atoms with Crippen LogP contribution in [-0.2, 0) is 16.4 Å². The van der Waals surface area contributed by atoms with Crippen LogP contribution in [-0.4, -0.2) is 26.1 Å². The number of hydrogen-bond donors (Lipinski definition) is 2. The van der Waals surface area contributed by atoms with Crippen LogP contribution in [0.1, 0.15) is 5.56 Å². The minimum absolute atomic E-state index is 0.0794. The molecule has 0 amide bonds. The van der Waals surface area contributed by atoms with Gasteiger partial charge >= 0.3 is 0 Å². The molecule has 1 aromatic carbocycles. The van der Waals surface area contributed by atoms with Crippen LogP contribution in [0, 0.1) is 0 Å². The van der Waals surface area contributed by atoms with Gasteiger partial charge in [-0.25, -0.2) is 8.42 Å². The van der Waals surface area contributed by atoms with Gasteiger partial charge in [0, 0.05) is 19.2 Å². The van der Waals surface area contributed by atoms with Crippen molar-refractivity contribution in [2.45, 2.75) is 17.4 Å². The first kappa shape index (κ1) is 13.8. The molecule has 3 rings (SSSR count). The number of nitrogens with two attached hydrogens (primary N) is 1. The number of fused-ring (bicyclic) bond motifs is 1. The summed E-state index contributed by atoms with van der Waals surface area (Å²) in [6.07, 6.45) is 3.59. The Morgan fingerprint density at radius 3 is 2.95 bits per heavy atom. The van der Waals surface area contributed by atoms with Crippen LogP contribution in [0.4, 0.5) is 5.69 Å². The zero-order chi connectivity index (χ0) is 14.9. The van der Waals surface area contributed by atoms with Crippen molar-refractivity contribution in [1.82, 2.24) is 4.98 Å². The molecule has 6 nitrogen and oxygen atoms in total. The first-order valence-corrected chi connectivity index (χ1v) is 7.99. The summed E-state index contributed by atoms with van der Waals surface area (Å²) >= 11 is 0. The summed E-state index contributed by atoms with van der Waals surface area (Å²) in [7, 11) is -3.64. The van der Waals surface area contributed by atoms with Crippen molar-refractivity contribution in [2.24, 2.45) is 5.73 Å². The smallest absolute Gasteiger partial charge is 0.261 e. The van der Waals surface area contributed by atoms with E-state index in [0.29, 0.717) is 24.4 Å². The molecule has 2 heterocycles. The highest BCUT2D eigenvalue weighted by Gasteiger charge is 2.24. The molecule has 3 N–H and O–H groups in total. The lowest BCUT2D eigenvalue weighted by molar-refractivity contribution is 0.241. The van der Waals surface area contributed by atoms with E-state index in [1.807, 2.05) is 0 Å². The molecule has 0 saturated heterocycles. The van der Waals surface area contributed by atoms with E-state index in [-0.39, 0.29) is 11.0 Å². The lowest BCUT2D eigenvalue weighted by Gasteiger charge is -2.08. The predicted molar refractivity (Wildman–Crippen MR) is 78.7 cm³/mol. The molecule has 7 heteroatoms. The van der Waals surface area contributed by atoms with Gasteiger partial charge in [-0.05, 0) is 35.9 Å². The maximum atomic E-state index is 12.3. The summed E-state index contributed by atoms with van der Waals surface area (Å²) in [6, 6.07) is 8.13. The predicted octanol–water partition coefficient (Wildman–Crippen LogP) is 1.14. The topological polar surface area (TPSA) is 94.3 Å². The fraction of sp³-hybridized carbons (Fsp3) is 0.214. The van der Waals surface area contributed by atoms with Gasteiger partial charge in [-0.15, -0.1) is 0 Å². The number of nitrogens with zero attached hydrogens (tertiary/aromatic N) is 1. The van der Waals surface area contributed by atoms with E-state index >= 15 is 0 Å². The highest BCUT2D eigenvalue weighted by molar-refractivity contribution is 7.92. The quantitative estimate of drug-likeness (QED) is 0.883. The number of sulfonamides is 1. The Kier molecular flexibility index (Phi) is 3.52. The molecule has 0 fully saturated rings. The number of nitrogens with one attached hydrogen (secondary N) is 1. The largest absolute Gasteiger partial charge is 0.488 e. The number of pyridine rings is 1. The Morgan fingerprint density at radius 2 is 2.24 bits per heavy atom. The molecule has 2 aromatic rings. The van der Waals surface area contributed by atoms with E-state index in [9.17, 15) is 8.42 Å². The van der Waals surface area contributed by atoms with Crippen LogP contribution in [0.25, 0.3) is 0 Å². The fourth-order valence-corrected chi connectivity index (χ4v) is 3.33. The third-order valence-corrected chi connectivity index (χ3v) is 4.64. The maximum Gasteiger partial charge on any atom is 0.261 e.